The van der Waals surface area contributed by atoms with E-state index in [-0.39, 0.29) is 4.21 Å². The molecule has 1 heterocycles. The van der Waals surface area contributed by atoms with Gasteiger partial charge in [-0.05, 0) is 36.4 Å². The minimum Gasteiger partial charge on any atom is -0.388 e. The first-order chi connectivity index (χ1) is 9.05. The number of benzene rings is 1. The fourth-order valence-electron chi connectivity index (χ4n) is 1.44. The molecule has 2 N–H and O–H groups in total. The monoisotopic (exact) mass is 293 g/mol. The Kier molecular flexibility index (Phi) is 3.74. The highest BCUT2D eigenvalue weighted by atomic mass is 32.2. The summed E-state index contributed by atoms with van der Waals surface area (Å²) in [5.41, 5.74) is 1.37. The molecule has 0 bridgehead atoms. The van der Waals surface area contributed by atoms with Gasteiger partial charge in [-0.1, -0.05) is 0 Å². The Labute approximate surface area is 115 Å². The molecule has 0 unspecified atom stereocenters. The number of rotatable bonds is 4. The van der Waals surface area contributed by atoms with Gasteiger partial charge in [0.25, 0.3) is 10.0 Å². The van der Waals surface area contributed by atoms with E-state index in [1.807, 2.05) is 6.07 Å². The molecular formula is C12H11N3O2S2. The second kappa shape index (κ2) is 5.30. The molecule has 0 aliphatic carbocycles. The van der Waals surface area contributed by atoms with Crippen LogP contribution in [0.4, 0.5) is 11.4 Å². The summed E-state index contributed by atoms with van der Waals surface area (Å²) in [7, 11) is -1.84. The van der Waals surface area contributed by atoms with Crippen molar-refractivity contribution in [2.24, 2.45) is 0 Å². The molecule has 0 atom stereocenters. The van der Waals surface area contributed by atoms with Crippen molar-refractivity contribution < 1.29 is 8.42 Å². The predicted octanol–water partition coefficient (Wildman–Crippen LogP) is 2.46. The molecular weight excluding hydrogens is 282 g/mol. The van der Waals surface area contributed by atoms with Crippen molar-refractivity contribution >= 4 is 32.7 Å². The molecule has 7 heteroatoms. The fourth-order valence-corrected chi connectivity index (χ4v) is 3.60. The van der Waals surface area contributed by atoms with Crippen LogP contribution in [0.15, 0.2) is 40.6 Å². The lowest BCUT2D eigenvalue weighted by molar-refractivity contribution is 0.603. The molecule has 0 aliphatic heterocycles. The fraction of sp³-hybridized carbons (Fsp3) is 0.0833. The Balaban J connectivity index is 2.23. The van der Waals surface area contributed by atoms with Gasteiger partial charge in [-0.3, -0.25) is 4.72 Å². The van der Waals surface area contributed by atoms with Crippen LogP contribution in [0.1, 0.15) is 4.88 Å². The SMILES string of the molecule is CNc1ccc(NS(=O)(=O)c2ccc(C#N)s2)cc1. The lowest BCUT2D eigenvalue weighted by Crippen LogP contribution is -2.11. The van der Waals surface area contributed by atoms with Gasteiger partial charge in [0.1, 0.15) is 15.2 Å². The Morgan fingerprint density at radius 2 is 1.74 bits per heavy atom. The van der Waals surface area contributed by atoms with Gasteiger partial charge >= 0.3 is 0 Å². The quantitative estimate of drug-likeness (QED) is 0.907. The van der Waals surface area contributed by atoms with E-state index in [2.05, 4.69) is 10.0 Å². The average molecular weight is 293 g/mol. The lowest BCUT2D eigenvalue weighted by Gasteiger charge is -2.07. The van der Waals surface area contributed by atoms with Gasteiger partial charge in [-0.15, -0.1) is 11.3 Å². The van der Waals surface area contributed by atoms with E-state index in [1.54, 1.807) is 31.3 Å². The van der Waals surface area contributed by atoms with Crippen molar-refractivity contribution in [3.05, 3.63) is 41.3 Å². The standard InChI is InChI=1S/C12H11N3O2S2/c1-14-9-2-4-10(5-3-9)15-19(16,17)12-7-6-11(8-13)18-12/h2-7,14-15H,1H3. The van der Waals surface area contributed by atoms with Gasteiger partial charge in [-0.25, -0.2) is 8.42 Å². The van der Waals surface area contributed by atoms with E-state index in [0.29, 0.717) is 10.6 Å². The topological polar surface area (TPSA) is 82.0 Å². The number of hydrogen-bond acceptors (Lipinski definition) is 5. The minimum absolute atomic E-state index is 0.127. The molecule has 0 saturated heterocycles. The normalized spacial score (nSPS) is 10.7. The molecule has 0 fully saturated rings. The van der Waals surface area contributed by atoms with Crippen LogP contribution in [-0.4, -0.2) is 15.5 Å². The number of sulfonamides is 1. The van der Waals surface area contributed by atoms with Crippen molar-refractivity contribution in [2.75, 3.05) is 17.1 Å². The maximum Gasteiger partial charge on any atom is 0.271 e. The van der Waals surface area contributed by atoms with E-state index in [4.69, 9.17) is 5.26 Å². The molecule has 0 amide bonds. The van der Waals surface area contributed by atoms with Crippen molar-refractivity contribution in [1.82, 2.24) is 0 Å². The van der Waals surface area contributed by atoms with Gasteiger partial charge in [-0.2, -0.15) is 5.26 Å². The molecule has 98 valence electrons. The van der Waals surface area contributed by atoms with Gasteiger partial charge in [0, 0.05) is 18.4 Å². The molecule has 0 saturated carbocycles. The third-order valence-corrected chi connectivity index (χ3v) is 5.25. The summed E-state index contributed by atoms with van der Waals surface area (Å²) < 4.78 is 26.7. The zero-order chi connectivity index (χ0) is 13.9. The zero-order valence-corrected chi connectivity index (χ0v) is 11.7. The first kappa shape index (κ1) is 13.4. The molecule has 2 aromatic rings. The average Bonchev–Trinajstić information content (AvgIpc) is 2.89. The molecule has 1 aromatic heterocycles. The lowest BCUT2D eigenvalue weighted by atomic mass is 10.3. The third-order valence-electron chi connectivity index (χ3n) is 2.38. The van der Waals surface area contributed by atoms with Crippen molar-refractivity contribution in [1.29, 1.82) is 5.26 Å². The maximum absolute atomic E-state index is 12.1. The Bertz CT molecular complexity index is 712. The predicted molar refractivity (Wildman–Crippen MR) is 75.8 cm³/mol. The van der Waals surface area contributed by atoms with E-state index >= 15 is 0 Å². The second-order valence-electron chi connectivity index (χ2n) is 3.66. The smallest absolute Gasteiger partial charge is 0.271 e. The Hall–Kier alpha value is -2.04. The van der Waals surface area contributed by atoms with Crippen molar-refractivity contribution in [3.63, 3.8) is 0 Å². The highest BCUT2D eigenvalue weighted by Crippen LogP contribution is 2.24. The maximum atomic E-state index is 12.1. The van der Waals surface area contributed by atoms with E-state index in [9.17, 15) is 8.42 Å². The van der Waals surface area contributed by atoms with Crippen LogP contribution in [0.25, 0.3) is 0 Å². The number of nitrogens with one attached hydrogen (secondary N) is 2. The van der Waals surface area contributed by atoms with Gasteiger partial charge < -0.3 is 5.32 Å². The summed E-state index contributed by atoms with van der Waals surface area (Å²) in [5, 5.41) is 11.7. The molecule has 5 nitrogen and oxygen atoms in total. The summed E-state index contributed by atoms with van der Waals surface area (Å²) in [6.07, 6.45) is 0. The Morgan fingerprint density at radius 1 is 1.11 bits per heavy atom. The first-order valence-electron chi connectivity index (χ1n) is 5.36. The molecule has 19 heavy (non-hydrogen) atoms. The van der Waals surface area contributed by atoms with Crippen LogP contribution in [0.3, 0.4) is 0 Å². The summed E-state index contributed by atoms with van der Waals surface area (Å²) >= 11 is 0.943. The van der Waals surface area contributed by atoms with Crippen LogP contribution in [-0.2, 0) is 10.0 Å². The van der Waals surface area contributed by atoms with Crippen molar-refractivity contribution in [2.45, 2.75) is 4.21 Å². The summed E-state index contributed by atoms with van der Waals surface area (Å²) in [6, 6.07) is 11.7. The third kappa shape index (κ3) is 3.05. The van der Waals surface area contributed by atoms with Gasteiger partial charge in [0.05, 0.1) is 0 Å². The number of hydrogen-bond donors (Lipinski definition) is 2. The van der Waals surface area contributed by atoms with Crippen LogP contribution in [0.5, 0.6) is 0 Å². The Morgan fingerprint density at radius 3 is 2.26 bits per heavy atom. The van der Waals surface area contributed by atoms with Crippen molar-refractivity contribution in [3.8, 4) is 6.07 Å². The highest BCUT2D eigenvalue weighted by Gasteiger charge is 2.16. The second-order valence-corrected chi connectivity index (χ2v) is 6.66. The summed E-state index contributed by atoms with van der Waals surface area (Å²) in [4.78, 5) is 0.367. The number of anilines is 2. The van der Waals surface area contributed by atoms with Crippen LogP contribution in [0.2, 0.25) is 0 Å². The summed E-state index contributed by atoms with van der Waals surface area (Å²) in [5.74, 6) is 0. The number of nitriles is 1. The summed E-state index contributed by atoms with van der Waals surface area (Å²) in [6.45, 7) is 0. The van der Waals surface area contributed by atoms with E-state index in [1.165, 1.54) is 12.1 Å². The van der Waals surface area contributed by atoms with Crippen LogP contribution >= 0.6 is 11.3 Å². The number of thiophene rings is 1. The van der Waals surface area contributed by atoms with Crippen LogP contribution < -0.4 is 10.0 Å². The van der Waals surface area contributed by atoms with E-state index < -0.39 is 10.0 Å². The van der Waals surface area contributed by atoms with E-state index in [0.717, 1.165) is 17.0 Å². The minimum atomic E-state index is -3.63. The molecule has 1 aromatic carbocycles. The molecule has 0 spiro atoms. The van der Waals surface area contributed by atoms with Crippen LogP contribution in [0, 0.1) is 11.3 Å². The van der Waals surface area contributed by atoms with Gasteiger partial charge in [0.2, 0.25) is 0 Å². The molecule has 2 rings (SSSR count). The molecule has 0 aliphatic rings. The molecule has 0 radical (unpaired) electrons. The zero-order valence-electron chi connectivity index (χ0n) is 10.0. The largest absolute Gasteiger partial charge is 0.388 e. The first-order valence-corrected chi connectivity index (χ1v) is 7.66. The number of nitrogens with zero attached hydrogens (tertiary/aromatic N) is 1. The highest BCUT2D eigenvalue weighted by molar-refractivity contribution is 7.94. The van der Waals surface area contributed by atoms with Gasteiger partial charge in [0.15, 0.2) is 0 Å².